The van der Waals surface area contributed by atoms with Gasteiger partial charge in [0.05, 0.1) is 6.04 Å². The van der Waals surface area contributed by atoms with Crippen molar-refractivity contribution in [3.63, 3.8) is 0 Å². The molecule has 2 aromatic rings. The monoisotopic (exact) mass is 420 g/mol. The summed E-state index contributed by atoms with van der Waals surface area (Å²) in [5.74, 6) is -1.22. The molecule has 0 aliphatic carbocycles. The van der Waals surface area contributed by atoms with Crippen LogP contribution >= 0.6 is 0 Å². The number of anilines is 2. The van der Waals surface area contributed by atoms with Crippen molar-refractivity contribution in [2.45, 2.75) is 38.6 Å². The number of aryl methyl sites for hydroxylation is 1. The lowest BCUT2D eigenvalue weighted by Crippen LogP contribution is -2.43. The van der Waals surface area contributed by atoms with Gasteiger partial charge in [-0.3, -0.25) is 14.5 Å². The lowest BCUT2D eigenvalue weighted by atomic mass is 9.98. The molecule has 1 saturated heterocycles. The van der Waals surface area contributed by atoms with Crippen molar-refractivity contribution in [1.82, 2.24) is 10.2 Å². The number of piperidine rings is 1. The Kier molecular flexibility index (Phi) is 6.56. The fraction of sp³-hybridized carbons (Fsp3) is 0.440. The Morgan fingerprint density at radius 3 is 2.58 bits per heavy atom. The number of likely N-dealkylation sites (N-methyl/N-ethyl adjacent to an activating group) is 1. The van der Waals surface area contributed by atoms with Gasteiger partial charge in [0.25, 0.3) is 0 Å². The molecule has 2 N–H and O–H groups in total. The van der Waals surface area contributed by atoms with Gasteiger partial charge in [-0.2, -0.15) is 0 Å². The van der Waals surface area contributed by atoms with E-state index in [1.54, 1.807) is 6.07 Å². The van der Waals surface area contributed by atoms with Crippen LogP contribution in [0.15, 0.2) is 42.5 Å². The second kappa shape index (κ2) is 9.52. The summed E-state index contributed by atoms with van der Waals surface area (Å²) < 4.78 is 0. The normalized spacial score (nSPS) is 17.2. The number of nitrogens with zero attached hydrogens (tertiary/aromatic N) is 2. The number of likely N-dealkylation sites (tertiary alicyclic amines) is 1. The highest BCUT2D eigenvalue weighted by Crippen LogP contribution is 2.32. The van der Waals surface area contributed by atoms with Crippen LogP contribution in [0.5, 0.6) is 0 Å². The third kappa shape index (κ3) is 5.07. The molecule has 0 spiro atoms. The number of amides is 2. The zero-order valence-electron chi connectivity index (χ0n) is 18.5. The summed E-state index contributed by atoms with van der Waals surface area (Å²) in [6.07, 6.45) is 4.65. The number of carbonyl (C=O) groups excluding carboxylic acids is 2. The van der Waals surface area contributed by atoms with Gasteiger partial charge >= 0.3 is 11.8 Å². The summed E-state index contributed by atoms with van der Waals surface area (Å²) in [7, 11) is 2.13. The topological polar surface area (TPSA) is 64.7 Å². The van der Waals surface area contributed by atoms with Gasteiger partial charge in [-0.05, 0) is 74.2 Å². The average molecular weight is 421 g/mol. The molecule has 2 amide bonds. The Morgan fingerprint density at radius 2 is 1.81 bits per heavy atom. The van der Waals surface area contributed by atoms with Crippen LogP contribution in [0.25, 0.3) is 0 Å². The van der Waals surface area contributed by atoms with E-state index in [1.807, 2.05) is 25.1 Å². The largest absolute Gasteiger partial charge is 0.374 e. The predicted octanol–water partition coefficient (Wildman–Crippen LogP) is 3.27. The van der Waals surface area contributed by atoms with Crippen LogP contribution in [0.3, 0.4) is 0 Å². The fourth-order valence-corrected chi connectivity index (χ4v) is 4.66. The SMILES string of the molecule is Cc1cccc(NC(=O)C(=O)NC[C@@H](c2ccc3c(c2)CCN3C)N2CCCCC2)c1. The molecule has 2 heterocycles. The number of benzene rings is 2. The molecular weight excluding hydrogens is 388 g/mol. The van der Waals surface area contributed by atoms with Crippen LogP contribution in [0.4, 0.5) is 11.4 Å². The number of nitrogens with one attached hydrogen (secondary N) is 2. The van der Waals surface area contributed by atoms with Crippen molar-refractivity contribution in [3.05, 3.63) is 59.2 Å². The molecule has 31 heavy (non-hydrogen) atoms. The number of hydrogen-bond acceptors (Lipinski definition) is 4. The van der Waals surface area contributed by atoms with Gasteiger partial charge in [-0.1, -0.05) is 30.7 Å². The average Bonchev–Trinajstić information content (AvgIpc) is 3.14. The Labute approximate surface area is 184 Å². The smallest absolute Gasteiger partial charge is 0.313 e. The minimum absolute atomic E-state index is 0.0761. The molecule has 2 aliphatic heterocycles. The highest BCUT2D eigenvalue weighted by molar-refractivity contribution is 6.39. The molecule has 0 saturated carbocycles. The molecular formula is C25H32N4O2. The Hall–Kier alpha value is -2.86. The molecule has 0 radical (unpaired) electrons. The second-order valence-electron chi connectivity index (χ2n) is 8.71. The van der Waals surface area contributed by atoms with Crippen molar-refractivity contribution < 1.29 is 9.59 Å². The number of carbonyl (C=O) groups is 2. The van der Waals surface area contributed by atoms with Crippen molar-refractivity contribution in [3.8, 4) is 0 Å². The summed E-state index contributed by atoms with van der Waals surface area (Å²) in [5, 5.41) is 5.58. The van der Waals surface area contributed by atoms with E-state index >= 15 is 0 Å². The van der Waals surface area contributed by atoms with Crippen LogP contribution in [0, 0.1) is 6.92 Å². The molecule has 6 heteroatoms. The van der Waals surface area contributed by atoms with Crippen LogP contribution in [0.1, 0.15) is 42.0 Å². The van der Waals surface area contributed by atoms with Gasteiger partial charge in [0, 0.05) is 31.5 Å². The number of rotatable bonds is 5. The van der Waals surface area contributed by atoms with E-state index < -0.39 is 11.8 Å². The van der Waals surface area contributed by atoms with E-state index in [4.69, 9.17) is 0 Å². The van der Waals surface area contributed by atoms with E-state index in [2.05, 4.69) is 45.7 Å². The van der Waals surface area contributed by atoms with Gasteiger partial charge in [-0.15, -0.1) is 0 Å². The first kappa shape index (κ1) is 21.4. The van der Waals surface area contributed by atoms with Gasteiger partial charge in [0.15, 0.2) is 0 Å². The Balaban J connectivity index is 1.45. The summed E-state index contributed by atoms with van der Waals surface area (Å²) in [6, 6.07) is 14.2. The highest BCUT2D eigenvalue weighted by atomic mass is 16.2. The van der Waals surface area contributed by atoms with E-state index in [1.165, 1.54) is 36.1 Å². The first-order valence-electron chi connectivity index (χ1n) is 11.2. The molecule has 2 aliphatic rings. The standard InChI is InChI=1S/C25H32N4O2/c1-18-7-6-8-21(15-18)27-25(31)24(30)26-17-23(29-12-4-3-5-13-29)19-9-10-22-20(16-19)11-14-28(22)2/h6-10,15-16,23H,3-5,11-14,17H2,1-2H3,(H,26,30)(H,27,31)/t23-/m0/s1. The van der Waals surface area contributed by atoms with Crippen molar-refractivity contribution in [1.29, 1.82) is 0 Å². The minimum atomic E-state index is -0.626. The maximum Gasteiger partial charge on any atom is 0.313 e. The lowest BCUT2D eigenvalue weighted by Gasteiger charge is -2.35. The minimum Gasteiger partial charge on any atom is -0.374 e. The van der Waals surface area contributed by atoms with Gasteiger partial charge in [0.1, 0.15) is 0 Å². The number of hydrogen-bond donors (Lipinski definition) is 2. The van der Waals surface area contributed by atoms with E-state index in [0.29, 0.717) is 12.2 Å². The Morgan fingerprint density at radius 1 is 1.00 bits per heavy atom. The van der Waals surface area contributed by atoms with Crippen LogP contribution < -0.4 is 15.5 Å². The summed E-state index contributed by atoms with van der Waals surface area (Å²) in [5.41, 5.74) is 5.55. The maximum absolute atomic E-state index is 12.5. The lowest BCUT2D eigenvalue weighted by molar-refractivity contribution is -0.136. The van der Waals surface area contributed by atoms with Gasteiger partial charge in [-0.25, -0.2) is 0 Å². The first-order valence-corrected chi connectivity index (χ1v) is 11.2. The first-order chi connectivity index (χ1) is 15.0. The van der Waals surface area contributed by atoms with Crippen molar-refractivity contribution in [2.75, 3.05) is 43.4 Å². The maximum atomic E-state index is 12.5. The zero-order chi connectivity index (χ0) is 21.8. The quantitative estimate of drug-likeness (QED) is 0.729. The molecule has 0 unspecified atom stereocenters. The van der Waals surface area contributed by atoms with E-state index in [0.717, 1.165) is 31.6 Å². The summed E-state index contributed by atoms with van der Waals surface area (Å²) in [6.45, 7) is 5.46. The molecule has 2 aromatic carbocycles. The van der Waals surface area contributed by atoms with Crippen LogP contribution in [-0.4, -0.2) is 49.9 Å². The van der Waals surface area contributed by atoms with Crippen molar-refractivity contribution in [2.24, 2.45) is 0 Å². The van der Waals surface area contributed by atoms with E-state index in [-0.39, 0.29) is 6.04 Å². The van der Waals surface area contributed by atoms with E-state index in [9.17, 15) is 9.59 Å². The van der Waals surface area contributed by atoms with Gasteiger partial charge in [0.2, 0.25) is 0 Å². The van der Waals surface area contributed by atoms with Gasteiger partial charge < -0.3 is 15.5 Å². The molecule has 1 fully saturated rings. The second-order valence-corrected chi connectivity index (χ2v) is 8.71. The van der Waals surface area contributed by atoms with Crippen molar-refractivity contribution >= 4 is 23.2 Å². The zero-order valence-corrected chi connectivity index (χ0v) is 18.5. The third-order valence-electron chi connectivity index (χ3n) is 6.39. The van der Waals surface area contributed by atoms with Crippen LogP contribution in [0.2, 0.25) is 0 Å². The predicted molar refractivity (Wildman–Crippen MR) is 124 cm³/mol. The molecule has 1 atom stereocenters. The molecule has 164 valence electrons. The Bertz CT molecular complexity index is 952. The fourth-order valence-electron chi connectivity index (χ4n) is 4.66. The third-order valence-corrected chi connectivity index (χ3v) is 6.39. The summed E-state index contributed by atoms with van der Waals surface area (Å²) >= 11 is 0. The van der Waals surface area contributed by atoms with Crippen LogP contribution in [-0.2, 0) is 16.0 Å². The molecule has 6 nitrogen and oxygen atoms in total. The highest BCUT2D eigenvalue weighted by Gasteiger charge is 2.26. The summed E-state index contributed by atoms with van der Waals surface area (Å²) in [4.78, 5) is 29.7. The molecule has 0 aromatic heterocycles. The molecule has 4 rings (SSSR count). The number of fused-ring (bicyclic) bond motifs is 1. The molecule has 0 bridgehead atoms.